The molecule has 2 unspecified atom stereocenters. The normalized spacial score (nSPS) is 23.9. The lowest BCUT2D eigenvalue weighted by Crippen LogP contribution is -2.45. The van der Waals surface area contributed by atoms with E-state index < -0.39 is 5.41 Å². The van der Waals surface area contributed by atoms with Gasteiger partial charge in [-0.15, -0.1) is 0 Å². The maximum atomic E-state index is 13.0. The number of hydrogen-bond acceptors (Lipinski definition) is 4. The molecule has 3 heterocycles. The number of carbonyl (C=O) groups excluding carboxylic acids is 2. The molecule has 152 valence electrons. The Labute approximate surface area is 171 Å². The van der Waals surface area contributed by atoms with Crippen LogP contribution in [0.5, 0.6) is 0 Å². The van der Waals surface area contributed by atoms with Crippen LogP contribution in [0.4, 0.5) is 0 Å². The van der Waals surface area contributed by atoms with Gasteiger partial charge in [-0.3, -0.25) is 14.6 Å². The van der Waals surface area contributed by atoms with Crippen molar-refractivity contribution < 1.29 is 14.3 Å². The van der Waals surface area contributed by atoms with E-state index in [1.807, 2.05) is 35.4 Å². The topological polar surface area (TPSA) is 71.5 Å². The highest BCUT2D eigenvalue weighted by atomic mass is 16.5. The summed E-state index contributed by atoms with van der Waals surface area (Å²) < 4.78 is 5.58. The van der Waals surface area contributed by atoms with Gasteiger partial charge in [0.1, 0.15) is 6.10 Å². The van der Waals surface area contributed by atoms with Crippen molar-refractivity contribution in [3.05, 3.63) is 54.4 Å². The molecular weight excluding hydrogens is 366 g/mol. The summed E-state index contributed by atoms with van der Waals surface area (Å²) in [6.07, 6.45) is 6.16. The molecule has 0 bridgehead atoms. The van der Waals surface area contributed by atoms with Crippen molar-refractivity contribution in [2.24, 2.45) is 5.41 Å². The number of hydrogen-bond donors (Lipinski definition) is 1. The lowest BCUT2D eigenvalue weighted by atomic mass is 9.78. The fraction of sp³-hybridized carbons (Fsp3) is 0.435. The zero-order chi connectivity index (χ0) is 20.3. The summed E-state index contributed by atoms with van der Waals surface area (Å²) in [5.41, 5.74) is 2.56. The summed E-state index contributed by atoms with van der Waals surface area (Å²) in [6, 6.07) is 12.1. The Kier molecular flexibility index (Phi) is 5.62. The predicted octanol–water partition coefficient (Wildman–Crippen LogP) is 2.43. The molecule has 0 saturated carbocycles. The summed E-state index contributed by atoms with van der Waals surface area (Å²) in [4.78, 5) is 31.9. The minimum atomic E-state index is -0.638. The zero-order valence-corrected chi connectivity index (χ0v) is 16.8. The summed E-state index contributed by atoms with van der Waals surface area (Å²) in [5.74, 6) is 0.00922. The standard InChI is InChI=1S/C23H27N3O3/c1-24-22(28)23(10-12-26(16-23)21(27)20-9-5-13-29-20)14-17-6-2-3-8-19(17)18-7-4-11-25-15-18/h2-4,6-8,11,15,20H,5,9-10,12-14,16H2,1H3,(H,24,28). The van der Waals surface area contributed by atoms with Crippen LogP contribution in [-0.2, 0) is 20.7 Å². The number of nitrogens with one attached hydrogen (secondary N) is 1. The van der Waals surface area contributed by atoms with Gasteiger partial charge >= 0.3 is 0 Å². The Morgan fingerprint density at radius 1 is 1.28 bits per heavy atom. The van der Waals surface area contributed by atoms with Crippen LogP contribution in [0.15, 0.2) is 48.8 Å². The first-order valence-electron chi connectivity index (χ1n) is 10.2. The van der Waals surface area contributed by atoms with Gasteiger partial charge in [-0.05, 0) is 42.9 Å². The third-order valence-electron chi connectivity index (χ3n) is 6.10. The third kappa shape index (κ3) is 3.90. The zero-order valence-electron chi connectivity index (χ0n) is 16.8. The highest BCUT2D eigenvalue weighted by Crippen LogP contribution is 2.38. The first-order chi connectivity index (χ1) is 14.1. The predicted molar refractivity (Wildman–Crippen MR) is 110 cm³/mol. The van der Waals surface area contributed by atoms with Gasteiger partial charge in [-0.1, -0.05) is 30.3 Å². The highest BCUT2D eigenvalue weighted by Gasteiger charge is 2.47. The van der Waals surface area contributed by atoms with Gasteiger partial charge in [0.25, 0.3) is 5.91 Å². The van der Waals surface area contributed by atoms with E-state index in [1.165, 1.54) is 0 Å². The number of amides is 2. The molecule has 1 N–H and O–H groups in total. The molecule has 2 aromatic rings. The lowest BCUT2D eigenvalue weighted by molar-refractivity contribution is -0.140. The molecule has 1 aromatic carbocycles. The van der Waals surface area contributed by atoms with Gasteiger partial charge in [0.05, 0.1) is 5.41 Å². The number of rotatable bonds is 5. The molecule has 6 heteroatoms. The number of likely N-dealkylation sites (tertiary alicyclic amines) is 1. The quantitative estimate of drug-likeness (QED) is 0.847. The SMILES string of the molecule is CNC(=O)C1(Cc2ccccc2-c2cccnc2)CCN(C(=O)C2CCCO2)C1. The van der Waals surface area contributed by atoms with Gasteiger partial charge in [-0.25, -0.2) is 0 Å². The second kappa shape index (κ2) is 8.33. The number of nitrogens with zero attached hydrogens (tertiary/aromatic N) is 2. The molecule has 2 amide bonds. The van der Waals surface area contributed by atoms with Crippen molar-refractivity contribution >= 4 is 11.8 Å². The number of benzene rings is 1. The first-order valence-corrected chi connectivity index (χ1v) is 10.2. The molecule has 0 spiro atoms. The summed E-state index contributed by atoms with van der Waals surface area (Å²) >= 11 is 0. The average molecular weight is 393 g/mol. The number of aromatic nitrogens is 1. The van der Waals surface area contributed by atoms with Crippen molar-refractivity contribution in [3.63, 3.8) is 0 Å². The number of carbonyl (C=O) groups is 2. The average Bonchev–Trinajstić information content (AvgIpc) is 3.45. The van der Waals surface area contributed by atoms with Gasteiger partial charge in [0.2, 0.25) is 5.91 Å². The number of ether oxygens (including phenoxy) is 1. The molecular formula is C23H27N3O3. The first kappa shape index (κ1) is 19.6. The van der Waals surface area contributed by atoms with Crippen LogP contribution in [0.25, 0.3) is 11.1 Å². The van der Waals surface area contributed by atoms with E-state index >= 15 is 0 Å². The van der Waals surface area contributed by atoms with Crippen LogP contribution < -0.4 is 5.32 Å². The third-order valence-corrected chi connectivity index (χ3v) is 6.10. The van der Waals surface area contributed by atoms with Crippen LogP contribution in [0, 0.1) is 5.41 Å². The molecule has 4 rings (SSSR count). The van der Waals surface area contributed by atoms with E-state index in [4.69, 9.17) is 4.74 Å². The Balaban J connectivity index is 1.61. The van der Waals surface area contributed by atoms with Crippen molar-refractivity contribution in [2.75, 3.05) is 26.7 Å². The van der Waals surface area contributed by atoms with Crippen LogP contribution in [-0.4, -0.2) is 54.5 Å². The summed E-state index contributed by atoms with van der Waals surface area (Å²) in [7, 11) is 1.67. The van der Waals surface area contributed by atoms with E-state index in [0.717, 1.165) is 29.5 Å². The van der Waals surface area contributed by atoms with Gasteiger partial charge < -0.3 is 15.0 Å². The van der Waals surface area contributed by atoms with Crippen LogP contribution in [0.3, 0.4) is 0 Å². The molecule has 0 radical (unpaired) electrons. The minimum Gasteiger partial charge on any atom is -0.368 e. The second-order valence-corrected chi connectivity index (χ2v) is 7.95. The van der Waals surface area contributed by atoms with Crippen LogP contribution in [0.2, 0.25) is 0 Å². The van der Waals surface area contributed by atoms with Crippen LogP contribution in [0.1, 0.15) is 24.8 Å². The summed E-state index contributed by atoms with van der Waals surface area (Å²) in [5, 5.41) is 2.84. The molecule has 2 aliphatic heterocycles. The van der Waals surface area contributed by atoms with Gasteiger partial charge in [0, 0.05) is 44.7 Å². The Bertz CT molecular complexity index is 880. The van der Waals surface area contributed by atoms with E-state index in [9.17, 15) is 9.59 Å². The summed E-state index contributed by atoms with van der Waals surface area (Å²) in [6.45, 7) is 1.65. The van der Waals surface area contributed by atoms with Crippen molar-refractivity contribution in [3.8, 4) is 11.1 Å². The maximum absolute atomic E-state index is 13.0. The van der Waals surface area contributed by atoms with E-state index in [2.05, 4.69) is 22.4 Å². The largest absolute Gasteiger partial charge is 0.368 e. The second-order valence-electron chi connectivity index (χ2n) is 7.95. The van der Waals surface area contributed by atoms with Crippen molar-refractivity contribution in [1.29, 1.82) is 0 Å². The highest BCUT2D eigenvalue weighted by molar-refractivity contribution is 5.87. The Morgan fingerprint density at radius 2 is 2.14 bits per heavy atom. The van der Waals surface area contributed by atoms with E-state index in [1.54, 1.807) is 13.2 Å². The molecule has 2 atom stereocenters. The maximum Gasteiger partial charge on any atom is 0.251 e. The monoisotopic (exact) mass is 393 g/mol. The van der Waals surface area contributed by atoms with Crippen molar-refractivity contribution in [2.45, 2.75) is 31.8 Å². The molecule has 29 heavy (non-hydrogen) atoms. The fourth-order valence-electron chi connectivity index (χ4n) is 4.55. The lowest BCUT2D eigenvalue weighted by Gasteiger charge is -2.29. The molecule has 2 fully saturated rings. The minimum absolute atomic E-state index is 0.0128. The molecule has 0 aliphatic carbocycles. The van der Waals surface area contributed by atoms with Crippen molar-refractivity contribution in [1.82, 2.24) is 15.2 Å². The molecule has 2 aliphatic rings. The number of pyridine rings is 1. The molecule has 1 aromatic heterocycles. The Hall–Kier alpha value is -2.73. The van der Waals surface area contributed by atoms with Crippen LogP contribution >= 0.6 is 0 Å². The Morgan fingerprint density at radius 3 is 2.86 bits per heavy atom. The molecule has 6 nitrogen and oxygen atoms in total. The molecule has 2 saturated heterocycles. The van der Waals surface area contributed by atoms with Gasteiger partial charge in [-0.2, -0.15) is 0 Å². The fourth-order valence-corrected chi connectivity index (χ4v) is 4.55. The van der Waals surface area contributed by atoms with E-state index in [-0.39, 0.29) is 17.9 Å². The van der Waals surface area contributed by atoms with Gasteiger partial charge in [0.15, 0.2) is 0 Å². The van der Waals surface area contributed by atoms with E-state index in [0.29, 0.717) is 32.5 Å². The smallest absolute Gasteiger partial charge is 0.251 e.